The summed E-state index contributed by atoms with van der Waals surface area (Å²) in [6.07, 6.45) is 6.29. The maximum absolute atomic E-state index is 10.7. The molecule has 0 radical (unpaired) electrons. The molecule has 1 heterocycles. The fourth-order valence-electron chi connectivity index (χ4n) is 0.607. The standard InChI is InChI=1S/C7H9N3O/c1-8-7(11)3-2-6-4-9-5-10-6/h2-5H,1H3,(H,8,11)(H,9,10)/b3-2-. The summed E-state index contributed by atoms with van der Waals surface area (Å²) in [5, 5.41) is 2.47. The third-order valence-electron chi connectivity index (χ3n) is 1.18. The number of H-pyrrole nitrogens is 1. The predicted molar refractivity (Wildman–Crippen MR) is 41.7 cm³/mol. The van der Waals surface area contributed by atoms with Crippen molar-refractivity contribution in [3.63, 3.8) is 0 Å². The van der Waals surface area contributed by atoms with Crippen molar-refractivity contribution in [1.82, 2.24) is 15.3 Å². The lowest BCUT2D eigenvalue weighted by Gasteiger charge is -1.87. The Bertz CT molecular complexity index is 251. The normalized spacial score (nSPS) is 10.3. The molecular formula is C7H9N3O. The number of amides is 1. The summed E-state index contributed by atoms with van der Waals surface area (Å²) < 4.78 is 0. The van der Waals surface area contributed by atoms with Gasteiger partial charge in [-0.1, -0.05) is 0 Å². The molecule has 0 saturated carbocycles. The molecule has 4 nitrogen and oxygen atoms in total. The number of carbonyl (C=O) groups is 1. The lowest BCUT2D eigenvalue weighted by molar-refractivity contribution is -0.115. The maximum Gasteiger partial charge on any atom is 0.243 e. The van der Waals surface area contributed by atoms with E-state index in [1.165, 1.54) is 6.08 Å². The molecule has 0 aliphatic heterocycles. The van der Waals surface area contributed by atoms with E-state index in [2.05, 4.69) is 15.3 Å². The van der Waals surface area contributed by atoms with Crippen molar-refractivity contribution in [2.75, 3.05) is 7.05 Å². The molecule has 0 spiro atoms. The van der Waals surface area contributed by atoms with Crippen LogP contribution in [0.4, 0.5) is 0 Å². The van der Waals surface area contributed by atoms with Crippen molar-refractivity contribution in [1.29, 1.82) is 0 Å². The monoisotopic (exact) mass is 151 g/mol. The predicted octanol–water partition coefficient (Wildman–Crippen LogP) is 0.169. The molecule has 1 amide bonds. The van der Waals surface area contributed by atoms with E-state index in [1.807, 2.05) is 0 Å². The van der Waals surface area contributed by atoms with Crippen LogP contribution in [-0.4, -0.2) is 22.9 Å². The highest BCUT2D eigenvalue weighted by atomic mass is 16.1. The van der Waals surface area contributed by atoms with Crippen molar-refractivity contribution in [2.45, 2.75) is 0 Å². The highest BCUT2D eigenvalue weighted by Crippen LogP contribution is 1.92. The van der Waals surface area contributed by atoms with E-state index < -0.39 is 0 Å². The Hall–Kier alpha value is -1.58. The van der Waals surface area contributed by atoms with Crippen LogP contribution in [0.2, 0.25) is 0 Å². The van der Waals surface area contributed by atoms with Gasteiger partial charge in [-0.2, -0.15) is 0 Å². The first-order valence-electron chi connectivity index (χ1n) is 3.21. The van der Waals surface area contributed by atoms with Crippen LogP contribution >= 0.6 is 0 Å². The van der Waals surface area contributed by atoms with Gasteiger partial charge >= 0.3 is 0 Å². The molecule has 11 heavy (non-hydrogen) atoms. The van der Waals surface area contributed by atoms with E-state index in [4.69, 9.17) is 0 Å². The van der Waals surface area contributed by atoms with Gasteiger partial charge in [0.05, 0.1) is 18.2 Å². The largest absolute Gasteiger partial charge is 0.356 e. The average molecular weight is 151 g/mol. The molecule has 1 aromatic heterocycles. The zero-order valence-corrected chi connectivity index (χ0v) is 6.16. The minimum absolute atomic E-state index is 0.125. The quantitative estimate of drug-likeness (QED) is 0.592. The van der Waals surface area contributed by atoms with Gasteiger partial charge in [-0.05, 0) is 6.08 Å². The van der Waals surface area contributed by atoms with Crippen LogP contribution in [0.5, 0.6) is 0 Å². The maximum atomic E-state index is 10.7. The van der Waals surface area contributed by atoms with E-state index in [0.29, 0.717) is 0 Å². The number of hydrogen-bond donors (Lipinski definition) is 2. The molecule has 0 unspecified atom stereocenters. The Morgan fingerprint density at radius 1 is 1.82 bits per heavy atom. The Balaban J connectivity index is 2.55. The Morgan fingerprint density at radius 3 is 3.18 bits per heavy atom. The van der Waals surface area contributed by atoms with Gasteiger partial charge < -0.3 is 10.3 Å². The fourth-order valence-corrected chi connectivity index (χ4v) is 0.607. The van der Waals surface area contributed by atoms with Gasteiger partial charge in [-0.25, -0.2) is 4.98 Å². The summed E-state index contributed by atoms with van der Waals surface area (Å²) >= 11 is 0. The first-order chi connectivity index (χ1) is 5.33. The molecule has 0 aliphatic rings. The number of nitrogens with zero attached hydrogens (tertiary/aromatic N) is 1. The summed E-state index contributed by atoms with van der Waals surface area (Å²) in [5.41, 5.74) is 0.814. The summed E-state index contributed by atoms with van der Waals surface area (Å²) in [4.78, 5) is 17.3. The molecule has 1 rings (SSSR count). The zero-order chi connectivity index (χ0) is 8.10. The van der Waals surface area contributed by atoms with Crippen molar-refractivity contribution < 1.29 is 4.79 Å². The first-order valence-corrected chi connectivity index (χ1v) is 3.21. The van der Waals surface area contributed by atoms with Gasteiger partial charge in [0.2, 0.25) is 5.91 Å². The molecule has 2 N–H and O–H groups in total. The van der Waals surface area contributed by atoms with E-state index in [0.717, 1.165) is 5.69 Å². The second kappa shape index (κ2) is 3.55. The number of nitrogens with one attached hydrogen (secondary N) is 2. The highest BCUT2D eigenvalue weighted by Gasteiger charge is 1.88. The lowest BCUT2D eigenvalue weighted by Crippen LogP contribution is -2.13. The molecule has 0 aromatic carbocycles. The van der Waals surface area contributed by atoms with Gasteiger partial charge in [0.25, 0.3) is 0 Å². The number of aromatic amines is 1. The Kier molecular flexibility index (Phi) is 2.43. The molecular weight excluding hydrogens is 142 g/mol. The van der Waals surface area contributed by atoms with Crippen LogP contribution in [-0.2, 0) is 4.79 Å². The number of hydrogen-bond acceptors (Lipinski definition) is 2. The average Bonchev–Trinajstić information content (AvgIpc) is 2.52. The van der Waals surface area contributed by atoms with E-state index >= 15 is 0 Å². The van der Waals surface area contributed by atoms with Crippen molar-refractivity contribution in [3.8, 4) is 0 Å². The molecule has 0 aliphatic carbocycles. The van der Waals surface area contributed by atoms with Gasteiger partial charge in [0, 0.05) is 13.1 Å². The first kappa shape index (κ1) is 7.53. The molecule has 0 atom stereocenters. The van der Waals surface area contributed by atoms with E-state index in [-0.39, 0.29) is 5.91 Å². The van der Waals surface area contributed by atoms with Gasteiger partial charge in [0.15, 0.2) is 0 Å². The summed E-state index contributed by atoms with van der Waals surface area (Å²) in [5.74, 6) is -0.125. The highest BCUT2D eigenvalue weighted by molar-refractivity contribution is 5.91. The van der Waals surface area contributed by atoms with E-state index in [1.54, 1.807) is 25.6 Å². The fraction of sp³-hybridized carbons (Fsp3) is 0.143. The minimum atomic E-state index is -0.125. The minimum Gasteiger partial charge on any atom is -0.356 e. The number of aromatic nitrogens is 2. The number of rotatable bonds is 2. The van der Waals surface area contributed by atoms with Gasteiger partial charge in [0.1, 0.15) is 0 Å². The van der Waals surface area contributed by atoms with Crippen LogP contribution in [0.25, 0.3) is 6.08 Å². The third-order valence-corrected chi connectivity index (χ3v) is 1.18. The number of carbonyl (C=O) groups excluding carboxylic acids is 1. The molecule has 0 bridgehead atoms. The van der Waals surface area contributed by atoms with Crippen LogP contribution in [0, 0.1) is 0 Å². The molecule has 0 fully saturated rings. The summed E-state index contributed by atoms with van der Waals surface area (Å²) in [6.45, 7) is 0. The Morgan fingerprint density at radius 2 is 2.64 bits per heavy atom. The van der Waals surface area contributed by atoms with Crippen LogP contribution < -0.4 is 5.32 Å². The smallest absolute Gasteiger partial charge is 0.243 e. The zero-order valence-electron chi connectivity index (χ0n) is 6.16. The van der Waals surface area contributed by atoms with Crippen LogP contribution in [0.15, 0.2) is 18.6 Å². The van der Waals surface area contributed by atoms with Gasteiger partial charge in [-0.3, -0.25) is 4.79 Å². The number of likely N-dealkylation sites (N-methyl/N-ethyl adjacent to an activating group) is 1. The number of imidazole rings is 1. The van der Waals surface area contributed by atoms with Gasteiger partial charge in [-0.15, -0.1) is 0 Å². The van der Waals surface area contributed by atoms with Crippen molar-refractivity contribution >= 4 is 12.0 Å². The Labute approximate surface area is 64.3 Å². The second-order valence-electron chi connectivity index (χ2n) is 1.95. The molecule has 0 saturated heterocycles. The lowest BCUT2D eigenvalue weighted by atomic mass is 10.4. The molecule has 1 aromatic rings. The summed E-state index contributed by atoms with van der Waals surface area (Å²) in [6, 6.07) is 0. The summed E-state index contributed by atoms with van der Waals surface area (Å²) in [7, 11) is 1.58. The van der Waals surface area contributed by atoms with Crippen LogP contribution in [0.1, 0.15) is 5.69 Å². The SMILES string of the molecule is CNC(=O)/C=C\c1cnc[nH]1. The van der Waals surface area contributed by atoms with Crippen molar-refractivity contribution in [2.24, 2.45) is 0 Å². The third kappa shape index (κ3) is 2.25. The topological polar surface area (TPSA) is 57.8 Å². The van der Waals surface area contributed by atoms with Crippen LogP contribution in [0.3, 0.4) is 0 Å². The molecule has 58 valence electrons. The van der Waals surface area contributed by atoms with E-state index in [9.17, 15) is 4.79 Å². The van der Waals surface area contributed by atoms with Crippen molar-refractivity contribution in [3.05, 3.63) is 24.3 Å². The second-order valence-corrected chi connectivity index (χ2v) is 1.95. The molecule has 4 heteroatoms.